The molecule has 0 radical (unpaired) electrons. The highest BCUT2D eigenvalue weighted by molar-refractivity contribution is 7.98. The molecule has 0 saturated carbocycles. The van der Waals surface area contributed by atoms with Gasteiger partial charge in [0.2, 0.25) is 0 Å². The Morgan fingerprint density at radius 3 is 2.56 bits per heavy atom. The van der Waals surface area contributed by atoms with Crippen LogP contribution in [-0.2, 0) is 5.75 Å². The van der Waals surface area contributed by atoms with Gasteiger partial charge in [0.1, 0.15) is 5.82 Å². The lowest BCUT2D eigenvalue weighted by molar-refractivity contribution is 0.425. The summed E-state index contributed by atoms with van der Waals surface area (Å²) in [6, 6.07) is 4.20. The van der Waals surface area contributed by atoms with Crippen LogP contribution in [0.15, 0.2) is 18.2 Å². The van der Waals surface area contributed by atoms with E-state index >= 15 is 0 Å². The third-order valence-electron chi connectivity index (χ3n) is 2.00. The van der Waals surface area contributed by atoms with E-state index < -0.39 is 12.9 Å². The third-order valence-corrected chi connectivity index (χ3v) is 3.44. The molecule has 1 aromatic carbocycles. The van der Waals surface area contributed by atoms with Crippen LogP contribution >= 0.6 is 11.8 Å². The summed E-state index contributed by atoms with van der Waals surface area (Å²) < 4.78 is 13.1. The third kappa shape index (κ3) is 4.55. The predicted molar refractivity (Wildman–Crippen MR) is 67.2 cm³/mol. The lowest BCUT2D eigenvalue weighted by Crippen LogP contribution is -2.30. The maximum absolute atomic E-state index is 13.1. The first-order valence-corrected chi connectivity index (χ1v) is 6.37. The number of rotatable bonds is 5. The molecule has 1 aromatic rings. The van der Waals surface area contributed by atoms with Gasteiger partial charge in [0.25, 0.3) is 0 Å². The quantitative estimate of drug-likeness (QED) is 0.766. The van der Waals surface area contributed by atoms with Gasteiger partial charge in [-0.2, -0.15) is 11.8 Å². The van der Waals surface area contributed by atoms with Crippen LogP contribution in [0.4, 0.5) is 4.39 Å². The molecule has 0 aromatic heterocycles. The largest absolute Gasteiger partial charge is 0.488 e. The van der Waals surface area contributed by atoms with E-state index in [9.17, 15) is 4.39 Å². The fraction of sp³-hybridized carbons (Fsp3) is 0.455. The van der Waals surface area contributed by atoms with Crippen molar-refractivity contribution in [3.63, 3.8) is 0 Å². The predicted octanol–water partition coefficient (Wildman–Crippen LogP) is 1.39. The number of halogens is 1. The van der Waals surface area contributed by atoms with Crippen LogP contribution in [0.3, 0.4) is 0 Å². The molecule has 0 amide bonds. The summed E-state index contributed by atoms with van der Waals surface area (Å²) in [6.45, 7) is 4.25. The van der Waals surface area contributed by atoms with Gasteiger partial charge in [-0.05, 0) is 34.8 Å². The first kappa shape index (κ1) is 13.5. The Kier molecular flexibility index (Phi) is 5.32. The van der Waals surface area contributed by atoms with E-state index in [-0.39, 0.29) is 5.46 Å². The van der Waals surface area contributed by atoms with Crippen LogP contribution in [0, 0.1) is 11.7 Å². The van der Waals surface area contributed by atoms with Gasteiger partial charge in [-0.1, -0.05) is 19.9 Å². The van der Waals surface area contributed by atoms with Gasteiger partial charge in [-0.3, -0.25) is 0 Å². The van der Waals surface area contributed by atoms with Crippen LogP contribution in [0.1, 0.15) is 19.4 Å². The molecule has 0 atom stereocenters. The lowest BCUT2D eigenvalue weighted by atomic mass is 9.79. The van der Waals surface area contributed by atoms with Gasteiger partial charge < -0.3 is 10.0 Å². The standard InChI is InChI=1S/C11H16BFO2S/c1-8(2)6-16-7-9-3-10(12(14)15)5-11(13)4-9/h3-5,8,14-15H,6-7H2,1-2H3. The van der Waals surface area contributed by atoms with E-state index in [1.165, 1.54) is 6.07 Å². The van der Waals surface area contributed by atoms with E-state index in [1.807, 2.05) is 0 Å². The Balaban J connectivity index is 2.65. The van der Waals surface area contributed by atoms with Gasteiger partial charge in [-0.15, -0.1) is 0 Å². The van der Waals surface area contributed by atoms with Gasteiger partial charge in [0.15, 0.2) is 0 Å². The fourth-order valence-corrected chi connectivity index (χ4v) is 2.31. The van der Waals surface area contributed by atoms with E-state index in [2.05, 4.69) is 13.8 Å². The first-order chi connectivity index (χ1) is 7.49. The van der Waals surface area contributed by atoms with Crippen molar-refractivity contribution in [2.45, 2.75) is 19.6 Å². The molecule has 0 heterocycles. The Bertz CT molecular complexity index is 345. The van der Waals surface area contributed by atoms with Crippen molar-refractivity contribution in [1.29, 1.82) is 0 Å². The molecule has 1 rings (SSSR count). The van der Waals surface area contributed by atoms with Gasteiger partial charge in [-0.25, -0.2) is 4.39 Å². The first-order valence-electron chi connectivity index (χ1n) is 5.22. The molecular formula is C11H16BFO2S. The molecule has 88 valence electrons. The smallest absolute Gasteiger partial charge is 0.423 e. The summed E-state index contributed by atoms with van der Waals surface area (Å²) in [5, 5.41) is 17.9. The second kappa shape index (κ2) is 6.28. The maximum atomic E-state index is 13.1. The van der Waals surface area contributed by atoms with Crippen LogP contribution < -0.4 is 5.46 Å². The highest BCUT2D eigenvalue weighted by atomic mass is 32.2. The minimum absolute atomic E-state index is 0.208. The molecule has 0 fully saturated rings. The minimum Gasteiger partial charge on any atom is -0.423 e. The molecule has 0 aliphatic heterocycles. The van der Waals surface area contributed by atoms with Crippen molar-refractivity contribution < 1.29 is 14.4 Å². The Morgan fingerprint density at radius 1 is 1.31 bits per heavy atom. The molecular weight excluding hydrogens is 226 g/mol. The summed E-state index contributed by atoms with van der Waals surface area (Å²) in [5.41, 5.74) is 0.994. The molecule has 0 bridgehead atoms. The maximum Gasteiger partial charge on any atom is 0.488 e. The topological polar surface area (TPSA) is 40.5 Å². The molecule has 2 nitrogen and oxygen atoms in total. The highest BCUT2D eigenvalue weighted by Crippen LogP contribution is 2.15. The van der Waals surface area contributed by atoms with Crippen molar-refractivity contribution in [3.8, 4) is 0 Å². The number of thioether (sulfide) groups is 1. The van der Waals surface area contributed by atoms with E-state index in [1.54, 1.807) is 17.8 Å². The van der Waals surface area contributed by atoms with Crippen LogP contribution in [0.25, 0.3) is 0 Å². The van der Waals surface area contributed by atoms with Crippen LogP contribution in [0.5, 0.6) is 0 Å². The van der Waals surface area contributed by atoms with Gasteiger partial charge in [0, 0.05) is 5.75 Å². The SMILES string of the molecule is CC(C)CSCc1cc(F)cc(B(O)O)c1. The van der Waals surface area contributed by atoms with Crippen LogP contribution in [-0.4, -0.2) is 22.9 Å². The Hall–Kier alpha value is -0.515. The van der Waals surface area contributed by atoms with Crippen molar-refractivity contribution in [2.24, 2.45) is 5.92 Å². The molecule has 16 heavy (non-hydrogen) atoms. The number of hydrogen-bond donors (Lipinski definition) is 2. The van der Waals surface area contributed by atoms with E-state index in [0.717, 1.165) is 17.4 Å². The molecule has 0 aliphatic carbocycles. The molecule has 0 spiro atoms. The molecule has 0 unspecified atom stereocenters. The summed E-state index contributed by atoms with van der Waals surface area (Å²) in [5.74, 6) is 1.87. The second-order valence-electron chi connectivity index (χ2n) is 4.18. The van der Waals surface area contributed by atoms with E-state index in [4.69, 9.17) is 10.0 Å². The molecule has 0 saturated heterocycles. The van der Waals surface area contributed by atoms with Gasteiger partial charge in [0.05, 0.1) is 0 Å². The van der Waals surface area contributed by atoms with Crippen molar-refractivity contribution in [2.75, 3.05) is 5.75 Å². The zero-order valence-electron chi connectivity index (χ0n) is 9.48. The summed E-state index contributed by atoms with van der Waals surface area (Å²) in [4.78, 5) is 0. The highest BCUT2D eigenvalue weighted by Gasteiger charge is 2.13. The monoisotopic (exact) mass is 242 g/mol. The van der Waals surface area contributed by atoms with Crippen molar-refractivity contribution in [1.82, 2.24) is 0 Å². The molecule has 2 N–H and O–H groups in total. The normalized spacial score (nSPS) is 10.9. The molecule has 5 heteroatoms. The van der Waals surface area contributed by atoms with Crippen molar-refractivity contribution in [3.05, 3.63) is 29.6 Å². The molecule has 0 aliphatic rings. The summed E-state index contributed by atoms with van der Waals surface area (Å²) >= 11 is 1.71. The average molecular weight is 242 g/mol. The number of benzene rings is 1. The summed E-state index contributed by atoms with van der Waals surface area (Å²) in [6.07, 6.45) is 0. The Labute approximate surface area is 100 Å². The van der Waals surface area contributed by atoms with Crippen molar-refractivity contribution >= 4 is 24.3 Å². The van der Waals surface area contributed by atoms with Gasteiger partial charge >= 0.3 is 7.12 Å². The fourth-order valence-electron chi connectivity index (χ4n) is 1.32. The Morgan fingerprint density at radius 2 is 2.00 bits per heavy atom. The second-order valence-corrected chi connectivity index (χ2v) is 5.21. The lowest BCUT2D eigenvalue weighted by Gasteiger charge is -2.07. The summed E-state index contributed by atoms with van der Waals surface area (Å²) in [7, 11) is -1.61. The zero-order valence-corrected chi connectivity index (χ0v) is 10.3. The van der Waals surface area contributed by atoms with E-state index in [0.29, 0.717) is 11.7 Å². The number of hydrogen-bond acceptors (Lipinski definition) is 3. The average Bonchev–Trinajstić information content (AvgIpc) is 2.16. The zero-order chi connectivity index (χ0) is 12.1. The van der Waals surface area contributed by atoms with Crippen LogP contribution in [0.2, 0.25) is 0 Å². The minimum atomic E-state index is -1.61.